The third-order valence-corrected chi connectivity index (χ3v) is 1.57. The van der Waals surface area contributed by atoms with Crippen LogP contribution in [0.15, 0.2) is 5.38 Å². The first-order valence-corrected chi connectivity index (χ1v) is 3.41. The highest BCUT2D eigenvalue weighted by Crippen LogP contribution is 2.06. The number of hydrogen-bond acceptors (Lipinski definition) is 3. The van der Waals surface area contributed by atoms with E-state index in [-0.39, 0.29) is 6.61 Å². The van der Waals surface area contributed by atoms with Crippen LogP contribution in [0.25, 0.3) is 0 Å². The van der Waals surface area contributed by atoms with E-state index < -0.39 is 5.26 Å². The SMILES string of the molecule is OCCc1csc(F)n1. The molecule has 4 heteroatoms. The van der Waals surface area contributed by atoms with Gasteiger partial charge in [-0.25, -0.2) is 4.98 Å². The van der Waals surface area contributed by atoms with Crippen molar-refractivity contribution < 1.29 is 9.50 Å². The van der Waals surface area contributed by atoms with E-state index in [0.29, 0.717) is 12.1 Å². The van der Waals surface area contributed by atoms with Crippen LogP contribution in [0.2, 0.25) is 0 Å². The van der Waals surface area contributed by atoms with E-state index in [2.05, 4.69) is 4.98 Å². The van der Waals surface area contributed by atoms with Gasteiger partial charge < -0.3 is 5.11 Å². The predicted octanol–water partition coefficient (Wildman–Crippen LogP) is 0.817. The molecule has 0 aliphatic carbocycles. The molecule has 0 spiro atoms. The van der Waals surface area contributed by atoms with E-state index in [4.69, 9.17) is 5.11 Å². The molecule has 0 saturated heterocycles. The second-order valence-electron chi connectivity index (χ2n) is 1.57. The van der Waals surface area contributed by atoms with Gasteiger partial charge in [-0.15, -0.1) is 0 Å². The van der Waals surface area contributed by atoms with Crippen LogP contribution < -0.4 is 0 Å². The maximum Gasteiger partial charge on any atom is 0.269 e. The molecular formula is C5H6FNOS. The molecule has 1 aromatic heterocycles. The lowest BCUT2D eigenvalue weighted by Gasteiger charge is -1.84. The minimum Gasteiger partial charge on any atom is -0.396 e. The van der Waals surface area contributed by atoms with Crippen molar-refractivity contribution in [3.05, 3.63) is 16.3 Å². The van der Waals surface area contributed by atoms with Crippen molar-refractivity contribution in [1.29, 1.82) is 0 Å². The van der Waals surface area contributed by atoms with Gasteiger partial charge in [0.2, 0.25) is 0 Å². The van der Waals surface area contributed by atoms with Gasteiger partial charge in [-0.05, 0) is 0 Å². The molecule has 0 unspecified atom stereocenters. The van der Waals surface area contributed by atoms with Crippen molar-refractivity contribution in [1.82, 2.24) is 4.98 Å². The largest absolute Gasteiger partial charge is 0.396 e. The molecule has 1 N–H and O–H groups in total. The Balaban J connectivity index is 2.61. The first kappa shape index (κ1) is 6.64. The Morgan fingerprint density at radius 3 is 3.00 bits per heavy atom. The van der Waals surface area contributed by atoms with Crippen LogP contribution in [-0.2, 0) is 6.42 Å². The summed E-state index contributed by atoms with van der Waals surface area (Å²) in [5.41, 5.74) is 0.625. The molecule has 0 aromatic carbocycles. The maximum atomic E-state index is 12.1. The number of halogens is 1. The zero-order chi connectivity index (χ0) is 6.69. The van der Waals surface area contributed by atoms with E-state index in [1.54, 1.807) is 5.38 Å². The number of rotatable bonds is 2. The van der Waals surface area contributed by atoms with Crippen molar-refractivity contribution in [2.75, 3.05) is 6.61 Å². The normalized spacial score (nSPS) is 10.0. The van der Waals surface area contributed by atoms with Gasteiger partial charge in [-0.1, -0.05) is 11.3 Å². The molecule has 50 valence electrons. The highest BCUT2D eigenvalue weighted by molar-refractivity contribution is 7.08. The molecule has 0 atom stereocenters. The average Bonchev–Trinajstić information content (AvgIpc) is 2.17. The first-order valence-electron chi connectivity index (χ1n) is 2.53. The summed E-state index contributed by atoms with van der Waals surface area (Å²) in [4.78, 5) is 3.49. The molecule has 2 nitrogen and oxygen atoms in total. The molecule has 0 saturated carbocycles. The Morgan fingerprint density at radius 2 is 2.56 bits per heavy atom. The third-order valence-electron chi connectivity index (χ3n) is 0.892. The van der Waals surface area contributed by atoms with Crippen LogP contribution in [-0.4, -0.2) is 16.7 Å². The Morgan fingerprint density at radius 1 is 1.78 bits per heavy atom. The average molecular weight is 147 g/mol. The third kappa shape index (κ3) is 1.73. The number of aromatic nitrogens is 1. The molecule has 0 fully saturated rings. The van der Waals surface area contributed by atoms with Crippen molar-refractivity contribution in [2.24, 2.45) is 0 Å². The zero-order valence-electron chi connectivity index (χ0n) is 4.67. The molecule has 0 aliphatic rings. The van der Waals surface area contributed by atoms with Crippen molar-refractivity contribution in [3.63, 3.8) is 0 Å². The minimum atomic E-state index is -0.432. The fourth-order valence-electron chi connectivity index (χ4n) is 0.512. The molecule has 1 rings (SSSR count). The van der Waals surface area contributed by atoms with Crippen LogP contribution in [0.4, 0.5) is 4.39 Å². The molecular weight excluding hydrogens is 141 g/mol. The lowest BCUT2D eigenvalue weighted by Crippen LogP contribution is -1.89. The van der Waals surface area contributed by atoms with Crippen LogP contribution in [0.5, 0.6) is 0 Å². The summed E-state index contributed by atoms with van der Waals surface area (Å²) >= 11 is 0.955. The van der Waals surface area contributed by atoms with Gasteiger partial charge in [0.05, 0.1) is 5.69 Å². The summed E-state index contributed by atoms with van der Waals surface area (Å²) < 4.78 is 12.1. The smallest absolute Gasteiger partial charge is 0.269 e. The van der Waals surface area contributed by atoms with Gasteiger partial charge in [0.1, 0.15) is 0 Å². The summed E-state index contributed by atoms with van der Waals surface area (Å²) in [5.74, 6) is 0. The summed E-state index contributed by atoms with van der Waals surface area (Å²) in [6.07, 6.45) is 0.445. The summed E-state index contributed by atoms with van der Waals surface area (Å²) in [6.45, 7) is 0.0309. The van der Waals surface area contributed by atoms with Gasteiger partial charge in [-0.2, -0.15) is 4.39 Å². The van der Waals surface area contributed by atoms with Crippen LogP contribution >= 0.6 is 11.3 Å². The van der Waals surface area contributed by atoms with Gasteiger partial charge in [0, 0.05) is 18.4 Å². The predicted molar refractivity (Wildman–Crippen MR) is 32.9 cm³/mol. The van der Waals surface area contributed by atoms with Crippen LogP contribution in [0.3, 0.4) is 0 Å². The van der Waals surface area contributed by atoms with Gasteiger partial charge in [-0.3, -0.25) is 0 Å². The molecule has 0 amide bonds. The second-order valence-corrected chi connectivity index (χ2v) is 2.37. The Labute approximate surface area is 56.0 Å². The van der Waals surface area contributed by atoms with E-state index in [0.717, 1.165) is 11.3 Å². The fourth-order valence-corrected chi connectivity index (χ4v) is 1.09. The minimum absolute atomic E-state index is 0.0309. The van der Waals surface area contributed by atoms with E-state index in [1.807, 2.05) is 0 Å². The fraction of sp³-hybridized carbons (Fsp3) is 0.400. The van der Waals surface area contributed by atoms with E-state index in [1.165, 1.54) is 0 Å². The van der Waals surface area contributed by atoms with E-state index >= 15 is 0 Å². The zero-order valence-corrected chi connectivity index (χ0v) is 5.49. The molecule has 9 heavy (non-hydrogen) atoms. The molecule has 1 aromatic rings. The van der Waals surface area contributed by atoms with Gasteiger partial charge in [0.25, 0.3) is 5.26 Å². The Hall–Kier alpha value is -0.480. The lowest BCUT2D eigenvalue weighted by molar-refractivity contribution is 0.298. The summed E-state index contributed by atoms with van der Waals surface area (Å²) in [5, 5.41) is 9.54. The topological polar surface area (TPSA) is 33.1 Å². The van der Waals surface area contributed by atoms with Crippen molar-refractivity contribution in [2.45, 2.75) is 6.42 Å². The van der Waals surface area contributed by atoms with Gasteiger partial charge in [0.15, 0.2) is 0 Å². The van der Waals surface area contributed by atoms with Crippen LogP contribution in [0.1, 0.15) is 5.69 Å². The maximum absolute atomic E-state index is 12.1. The number of aliphatic hydroxyl groups excluding tert-OH is 1. The Kier molecular flexibility index (Phi) is 2.13. The summed E-state index contributed by atoms with van der Waals surface area (Å²) in [7, 11) is 0. The molecule has 0 aliphatic heterocycles. The first-order chi connectivity index (χ1) is 4.33. The van der Waals surface area contributed by atoms with E-state index in [9.17, 15) is 4.39 Å². The van der Waals surface area contributed by atoms with Crippen molar-refractivity contribution >= 4 is 11.3 Å². The number of hydrogen-bond donors (Lipinski definition) is 1. The lowest BCUT2D eigenvalue weighted by atomic mass is 10.4. The Bertz CT molecular complexity index is 189. The molecule has 1 heterocycles. The highest BCUT2D eigenvalue weighted by atomic mass is 32.1. The molecule has 0 radical (unpaired) electrons. The van der Waals surface area contributed by atoms with Gasteiger partial charge >= 0.3 is 0 Å². The molecule has 0 bridgehead atoms. The second kappa shape index (κ2) is 2.89. The number of thiazole rings is 1. The number of nitrogens with zero attached hydrogens (tertiary/aromatic N) is 1. The monoisotopic (exact) mass is 147 g/mol. The summed E-state index contributed by atoms with van der Waals surface area (Å²) in [6, 6.07) is 0. The van der Waals surface area contributed by atoms with Crippen molar-refractivity contribution in [3.8, 4) is 0 Å². The standard InChI is InChI=1S/C5H6FNOS/c6-5-7-4(1-2-8)3-9-5/h3,8H,1-2H2. The highest BCUT2D eigenvalue weighted by Gasteiger charge is 1.97. The number of aliphatic hydroxyl groups is 1. The quantitative estimate of drug-likeness (QED) is 0.671. The van der Waals surface area contributed by atoms with Crippen LogP contribution in [0, 0.1) is 5.26 Å².